The van der Waals surface area contributed by atoms with Crippen molar-refractivity contribution in [2.24, 2.45) is 0 Å². The highest BCUT2D eigenvalue weighted by Crippen LogP contribution is 2.30. The lowest BCUT2D eigenvalue weighted by atomic mass is 9.97. The molecule has 152 valence electrons. The monoisotopic (exact) mass is 402 g/mol. The Balaban J connectivity index is 2.13. The first-order valence-electron chi connectivity index (χ1n) is 9.33. The maximum Gasteiger partial charge on any atom is 0.356 e. The molecule has 7 nitrogen and oxygen atoms in total. The molecule has 2 rings (SSSR count). The lowest BCUT2D eigenvalue weighted by Gasteiger charge is -2.30. The summed E-state index contributed by atoms with van der Waals surface area (Å²) in [4.78, 5) is 23.6. The molecule has 2 aromatic rings. The largest absolute Gasteiger partial charge is 0.464 e. The highest BCUT2D eigenvalue weighted by Gasteiger charge is 2.27. The van der Waals surface area contributed by atoms with Crippen molar-refractivity contribution in [3.8, 4) is 0 Å². The minimum absolute atomic E-state index is 0.0759. The lowest BCUT2D eigenvalue weighted by molar-refractivity contribution is 0.0592. The Morgan fingerprint density at radius 1 is 1.25 bits per heavy atom. The van der Waals surface area contributed by atoms with Crippen molar-refractivity contribution in [1.29, 1.82) is 0 Å². The van der Waals surface area contributed by atoms with Gasteiger partial charge in [0, 0.05) is 31.4 Å². The van der Waals surface area contributed by atoms with Gasteiger partial charge in [-0.05, 0) is 36.6 Å². The van der Waals surface area contributed by atoms with E-state index in [-0.39, 0.29) is 5.04 Å². The lowest BCUT2D eigenvalue weighted by Crippen LogP contribution is -2.29. The van der Waals surface area contributed by atoms with Crippen molar-refractivity contribution in [2.45, 2.75) is 58.2 Å². The average molecular weight is 403 g/mol. The predicted molar refractivity (Wildman–Crippen MR) is 109 cm³/mol. The summed E-state index contributed by atoms with van der Waals surface area (Å²) >= 11 is 0. The standard InChI is InChI=1S/C20H30N4O3Si/c1-19(2,3)28-27-20(4,5)14-9-16(24-17(10-14)18(25)26-6)12-21-8-7-15-11-22-13-23-15/h9-11,13,21H,7-8,12H2,1-6H3,(H,22,23). The molecule has 28 heavy (non-hydrogen) atoms. The highest BCUT2D eigenvalue weighted by atomic mass is 28.2. The number of H-pyrrole nitrogens is 1. The molecule has 0 aliphatic carbocycles. The fraction of sp³-hybridized carbons (Fsp3) is 0.550. The summed E-state index contributed by atoms with van der Waals surface area (Å²) in [6, 6.07) is 3.75. The van der Waals surface area contributed by atoms with E-state index in [1.807, 2.05) is 26.1 Å². The number of hydrogen-bond donors (Lipinski definition) is 2. The summed E-state index contributed by atoms with van der Waals surface area (Å²) < 4.78 is 11.1. The second kappa shape index (κ2) is 9.44. The number of carbonyl (C=O) groups excluding carboxylic acids is 1. The number of methoxy groups -OCH3 is 1. The quantitative estimate of drug-likeness (QED) is 0.381. The van der Waals surface area contributed by atoms with E-state index in [9.17, 15) is 4.79 Å². The number of nitrogens with one attached hydrogen (secondary N) is 2. The van der Waals surface area contributed by atoms with Gasteiger partial charge in [-0.3, -0.25) is 0 Å². The topological polar surface area (TPSA) is 89.1 Å². The summed E-state index contributed by atoms with van der Waals surface area (Å²) in [5.74, 6) is -0.449. The minimum Gasteiger partial charge on any atom is -0.464 e. The van der Waals surface area contributed by atoms with E-state index in [0.717, 1.165) is 29.9 Å². The van der Waals surface area contributed by atoms with Gasteiger partial charge in [0.1, 0.15) is 5.69 Å². The second-order valence-electron chi connectivity index (χ2n) is 8.19. The molecule has 2 N–H and O–H groups in total. The number of esters is 1. The summed E-state index contributed by atoms with van der Waals surface area (Å²) in [7, 11) is 1.70. The number of pyridine rings is 1. The maximum atomic E-state index is 12.1. The fourth-order valence-corrected chi connectivity index (χ4v) is 3.11. The van der Waals surface area contributed by atoms with Gasteiger partial charge in [-0.2, -0.15) is 0 Å². The molecule has 2 aromatic heterocycles. The van der Waals surface area contributed by atoms with Gasteiger partial charge < -0.3 is 19.5 Å². The number of aromatic amines is 1. The first kappa shape index (κ1) is 22.3. The maximum absolute atomic E-state index is 12.1. The van der Waals surface area contributed by atoms with Crippen LogP contribution in [0.25, 0.3) is 0 Å². The summed E-state index contributed by atoms with van der Waals surface area (Å²) in [5.41, 5.74) is 2.51. The van der Waals surface area contributed by atoms with E-state index in [1.54, 1.807) is 12.4 Å². The fourth-order valence-electron chi connectivity index (χ4n) is 2.44. The molecule has 0 aromatic carbocycles. The molecule has 2 heterocycles. The van der Waals surface area contributed by atoms with E-state index in [1.165, 1.54) is 7.11 Å². The van der Waals surface area contributed by atoms with Gasteiger partial charge in [0.2, 0.25) is 9.76 Å². The number of carbonyl (C=O) groups is 1. The molecule has 0 amide bonds. The molecular formula is C20H30N4O3Si. The molecule has 0 fully saturated rings. The van der Waals surface area contributed by atoms with Crippen LogP contribution in [0.4, 0.5) is 0 Å². The SMILES string of the molecule is COC(=O)c1cc(C(C)(C)O[Si]C(C)(C)C)cc(CNCCc2cnc[nH]2)n1. The number of imidazole rings is 1. The van der Waals surface area contributed by atoms with Crippen LogP contribution in [0.1, 0.15) is 62.1 Å². The van der Waals surface area contributed by atoms with Crippen molar-refractivity contribution in [3.63, 3.8) is 0 Å². The molecule has 8 heteroatoms. The van der Waals surface area contributed by atoms with Crippen molar-refractivity contribution in [3.05, 3.63) is 47.3 Å². The van der Waals surface area contributed by atoms with E-state index >= 15 is 0 Å². The van der Waals surface area contributed by atoms with E-state index < -0.39 is 11.6 Å². The third kappa shape index (κ3) is 6.85. The van der Waals surface area contributed by atoms with Gasteiger partial charge in [0.05, 0.1) is 24.7 Å². The summed E-state index contributed by atoms with van der Waals surface area (Å²) in [5, 5.41) is 3.43. The van der Waals surface area contributed by atoms with Gasteiger partial charge in [-0.15, -0.1) is 0 Å². The Hall–Kier alpha value is -2.03. The van der Waals surface area contributed by atoms with Gasteiger partial charge in [0.25, 0.3) is 0 Å². The molecule has 0 bridgehead atoms. The smallest absolute Gasteiger partial charge is 0.356 e. The molecule has 0 spiro atoms. The predicted octanol–water partition coefficient (Wildman–Crippen LogP) is 3.01. The Kier molecular flexibility index (Phi) is 7.51. The van der Waals surface area contributed by atoms with Gasteiger partial charge in [-0.1, -0.05) is 20.8 Å². The summed E-state index contributed by atoms with van der Waals surface area (Å²) in [6.07, 6.45) is 4.32. The van der Waals surface area contributed by atoms with Gasteiger partial charge in [-0.25, -0.2) is 14.8 Å². The van der Waals surface area contributed by atoms with Crippen LogP contribution in [-0.4, -0.2) is 44.3 Å². The van der Waals surface area contributed by atoms with Crippen LogP contribution in [0, 0.1) is 0 Å². The Bertz CT molecular complexity index is 770. The molecular weight excluding hydrogens is 372 g/mol. The highest BCUT2D eigenvalue weighted by molar-refractivity contribution is 6.31. The van der Waals surface area contributed by atoms with Gasteiger partial charge >= 0.3 is 5.97 Å². The molecule has 0 saturated carbocycles. The normalized spacial score (nSPS) is 12.2. The Morgan fingerprint density at radius 2 is 2.00 bits per heavy atom. The molecule has 2 radical (unpaired) electrons. The number of hydrogen-bond acceptors (Lipinski definition) is 6. The van der Waals surface area contributed by atoms with E-state index in [2.05, 4.69) is 41.0 Å². The average Bonchev–Trinajstić information content (AvgIpc) is 3.16. The minimum atomic E-state index is -0.540. The van der Waals surface area contributed by atoms with Crippen molar-refractivity contribution in [1.82, 2.24) is 20.3 Å². The third-order valence-corrected chi connectivity index (χ3v) is 5.24. The zero-order valence-electron chi connectivity index (χ0n) is 17.5. The number of rotatable bonds is 9. The van der Waals surface area contributed by atoms with Crippen molar-refractivity contribution < 1.29 is 14.0 Å². The zero-order valence-corrected chi connectivity index (χ0v) is 18.5. The molecule has 0 saturated heterocycles. The molecule has 0 aliphatic rings. The van der Waals surface area contributed by atoms with Crippen LogP contribution in [0.2, 0.25) is 5.04 Å². The molecule has 0 atom stereocenters. The van der Waals surface area contributed by atoms with Crippen LogP contribution < -0.4 is 5.32 Å². The van der Waals surface area contributed by atoms with Crippen LogP contribution in [0.5, 0.6) is 0 Å². The third-order valence-electron chi connectivity index (χ3n) is 4.01. The van der Waals surface area contributed by atoms with Crippen molar-refractivity contribution in [2.75, 3.05) is 13.7 Å². The number of nitrogens with zero attached hydrogens (tertiary/aromatic N) is 2. The van der Waals surface area contributed by atoms with Crippen molar-refractivity contribution >= 4 is 15.7 Å². The number of aromatic nitrogens is 3. The Labute approximate surface area is 169 Å². The zero-order chi connectivity index (χ0) is 20.8. The second-order valence-corrected chi connectivity index (χ2v) is 10.1. The first-order valence-corrected chi connectivity index (χ1v) is 10.2. The Morgan fingerprint density at radius 3 is 2.61 bits per heavy atom. The first-order chi connectivity index (χ1) is 13.1. The van der Waals surface area contributed by atoms with Gasteiger partial charge in [0.15, 0.2) is 0 Å². The molecule has 0 aliphatic heterocycles. The van der Waals surface area contributed by atoms with Crippen LogP contribution in [0.3, 0.4) is 0 Å². The van der Waals surface area contributed by atoms with E-state index in [0.29, 0.717) is 22.0 Å². The van der Waals surface area contributed by atoms with Crippen LogP contribution in [0.15, 0.2) is 24.7 Å². The summed E-state index contributed by atoms with van der Waals surface area (Å²) in [6.45, 7) is 11.8. The van der Waals surface area contributed by atoms with Crippen LogP contribution >= 0.6 is 0 Å². The number of ether oxygens (including phenoxy) is 1. The molecule has 0 unspecified atom stereocenters. The van der Waals surface area contributed by atoms with E-state index in [4.69, 9.17) is 9.16 Å². The van der Waals surface area contributed by atoms with Crippen LogP contribution in [-0.2, 0) is 27.7 Å².